The molecule has 0 aliphatic heterocycles. The van der Waals surface area contributed by atoms with Crippen LogP contribution >= 0.6 is 0 Å². The number of hydrogen-bond donors (Lipinski definition) is 1. The van der Waals surface area contributed by atoms with Crippen molar-refractivity contribution in [3.8, 4) is 5.69 Å². The fourth-order valence-electron chi connectivity index (χ4n) is 2.61. The Morgan fingerprint density at radius 2 is 2.06 bits per heavy atom. The van der Waals surface area contributed by atoms with E-state index in [1.54, 1.807) is 0 Å². The number of hydrogen-bond acceptors (Lipinski definition) is 2. The lowest BCUT2D eigenvalue weighted by atomic mass is 9.91. The van der Waals surface area contributed by atoms with E-state index in [2.05, 4.69) is 29.4 Å². The molecule has 1 aliphatic carbocycles. The third-order valence-corrected chi connectivity index (χ3v) is 3.70. The highest BCUT2D eigenvalue weighted by molar-refractivity contribution is 5.48. The molecular weight excluding hydrogens is 210 g/mol. The molecule has 1 aliphatic rings. The highest BCUT2D eigenvalue weighted by atomic mass is 15.3. The maximum absolute atomic E-state index is 5.74. The zero-order valence-corrected chi connectivity index (χ0v) is 9.84. The Labute approximate surface area is 101 Å². The molecule has 3 rings (SSSR count). The lowest BCUT2D eigenvalue weighted by Gasteiger charge is -2.18. The van der Waals surface area contributed by atoms with Gasteiger partial charge < -0.3 is 5.73 Å². The van der Waals surface area contributed by atoms with Crippen LogP contribution in [0.25, 0.3) is 5.69 Å². The van der Waals surface area contributed by atoms with Gasteiger partial charge in [0.15, 0.2) is 0 Å². The summed E-state index contributed by atoms with van der Waals surface area (Å²) in [6.45, 7) is 0.757. The number of benzene rings is 1. The van der Waals surface area contributed by atoms with Gasteiger partial charge in [0.2, 0.25) is 0 Å². The molecule has 3 heteroatoms. The van der Waals surface area contributed by atoms with E-state index in [0.29, 0.717) is 5.41 Å². The summed E-state index contributed by atoms with van der Waals surface area (Å²) in [4.78, 5) is 0. The van der Waals surface area contributed by atoms with Crippen molar-refractivity contribution in [2.45, 2.75) is 24.7 Å². The van der Waals surface area contributed by atoms with Crippen LogP contribution in [0, 0.1) is 0 Å². The van der Waals surface area contributed by atoms with Crippen LogP contribution in [-0.4, -0.2) is 16.3 Å². The van der Waals surface area contributed by atoms with Gasteiger partial charge in [0, 0.05) is 12.4 Å². The molecule has 0 unspecified atom stereocenters. The normalized spacial score (nSPS) is 17.0. The highest BCUT2D eigenvalue weighted by Gasteiger charge is 2.44. The molecule has 0 spiro atoms. The van der Waals surface area contributed by atoms with Crippen LogP contribution in [0.15, 0.2) is 42.7 Å². The van der Waals surface area contributed by atoms with Crippen LogP contribution in [-0.2, 0) is 5.41 Å². The van der Waals surface area contributed by atoms with Crippen molar-refractivity contribution in [1.82, 2.24) is 9.78 Å². The first-order valence-corrected chi connectivity index (χ1v) is 6.15. The van der Waals surface area contributed by atoms with Gasteiger partial charge in [0.25, 0.3) is 0 Å². The van der Waals surface area contributed by atoms with Gasteiger partial charge in [-0.3, -0.25) is 0 Å². The van der Waals surface area contributed by atoms with Gasteiger partial charge >= 0.3 is 0 Å². The third kappa shape index (κ3) is 1.76. The second-order valence-corrected chi connectivity index (χ2v) is 4.79. The minimum Gasteiger partial charge on any atom is -0.330 e. The highest BCUT2D eigenvalue weighted by Crippen LogP contribution is 2.52. The molecule has 1 aromatic heterocycles. The summed E-state index contributed by atoms with van der Waals surface area (Å²) in [5, 5.41) is 4.33. The van der Waals surface area contributed by atoms with Gasteiger partial charge in [0.1, 0.15) is 0 Å². The number of rotatable bonds is 4. The van der Waals surface area contributed by atoms with Crippen molar-refractivity contribution in [3.05, 3.63) is 48.3 Å². The molecule has 1 fully saturated rings. The Bertz CT molecular complexity index is 498. The molecule has 1 saturated carbocycles. The summed E-state index contributed by atoms with van der Waals surface area (Å²) in [5.41, 5.74) is 8.65. The van der Waals surface area contributed by atoms with Gasteiger partial charge in [0.05, 0.1) is 5.69 Å². The van der Waals surface area contributed by atoms with E-state index >= 15 is 0 Å². The first-order chi connectivity index (χ1) is 8.36. The van der Waals surface area contributed by atoms with Crippen molar-refractivity contribution in [3.63, 3.8) is 0 Å². The van der Waals surface area contributed by atoms with Gasteiger partial charge in [-0.2, -0.15) is 5.10 Å². The third-order valence-electron chi connectivity index (χ3n) is 3.70. The van der Waals surface area contributed by atoms with E-state index in [0.717, 1.165) is 13.0 Å². The van der Waals surface area contributed by atoms with E-state index < -0.39 is 0 Å². The molecule has 1 aromatic carbocycles. The van der Waals surface area contributed by atoms with Gasteiger partial charge in [-0.1, -0.05) is 18.2 Å². The zero-order chi connectivity index (χ0) is 11.7. The van der Waals surface area contributed by atoms with Crippen LogP contribution in [0.2, 0.25) is 0 Å². The van der Waals surface area contributed by atoms with E-state index in [9.17, 15) is 0 Å². The molecule has 0 atom stereocenters. The van der Waals surface area contributed by atoms with Gasteiger partial charge in [-0.25, -0.2) is 4.68 Å². The molecule has 17 heavy (non-hydrogen) atoms. The summed E-state index contributed by atoms with van der Waals surface area (Å²) in [6.07, 6.45) is 7.40. The maximum Gasteiger partial charge on any atom is 0.0683 e. The Hall–Kier alpha value is -1.61. The van der Waals surface area contributed by atoms with E-state index in [1.807, 2.05) is 23.1 Å². The average Bonchev–Trinajstić information content (AvgIpc) is 2.94. The molecule has 0 bridgehead atoms. The van der Waals surface area contributed by atoms with Gasteiger partial charge in [-0.15, -0.1) is 0 Å². The van der Waals surface area contributed by atoms with Crippen molar-refractivity contribution < 1.29 is 0 Å². The Balaban J connectivity index is 2.06. The van der Waals surface area contributed by atoms with Crippen LogP contribution in [0.5, 0.6) is 0 Å². The molecule has 2 aromatic rings. The van der Waals surface area contributed by atoms with Crippen molar-refractivity contribution in [2.75, 3.05) is 6.54 Å². The summed E-state index contributed by atoms with van der Waals surface area (Å²) >= 11 is 0. The molecule has 0 radical (unpaired) electrons. The molecule has 2 N–H and O–H groups in total. The van der Waals surface area contributed by atoms with Crippen molar-refractivity contribution >= 4 is 0 Å². The number of aromatic nitrogens is 2. The zero-order valence-electron chi connectivity index (χ0n) is 9.84. The topological polar surface area (TPSA) is 43.8 Å². The molecule has 0 saturated heterocycles. The molecule has 0 amide bonds. The van der Waals surface area contributed by atoms with Crippen molar-refractivity contribution in [2.24, 2.45) is 5.73 Å². The first kappa shape index (κ1) is 10.5. The molecule has 3 nitrogen and oxygen atoms in total. The fourth-order valence-corrected chi connectivity index (χ4v) is 2.61. The van der Waals surface area contributed by atoms with Crippen molar-refractivity contribution in [1.29, 1.82) is 0 Å². The fraction of sp³-hybridized carbons (Fsp3) is 0.357. The first-order valence-electron chi connectivity index (χ1n) is 6.15. The van der Waals surface area contributed by atoms with Crippen LogP contribution in [0.4, 0.5) is 0 Å². The summed E-state index contributed by atoms with van der Waals surface area (Å²) < 4.78 is 1.95. The number of nitrogens with two attached hydrogens (primary N) is 1. The van der Waals surface area contributed by atoms with E-state index in [4.69, 9.17) is 5.73 Å². The minimum absolute atomic E-state index is 0.317. The standard InChI is InChI=1S/C14H17N3/c15-9-8-14(6-7-14)12-4-1-2-5-13(12)17-11-3-10-16-17/h1-5,10-11H,6-9,15H2. The largest absolute Gasteiger partial charge is 0.330 e. The maximum atomic E-state index is 5.74. The minimum atomic E-state index is 0.317. The second kappa shape index (κ2) is 4.00. The molecule has 1 heterocycles. The van der Waals surface area contributed by atoms with Crippen LogP contribution in [0.1, 0.15) is 24.8 Å². The lowest BCUT2D eigenvalue weighted by molar-refractivity contribution is 0.622. The Morgan fingerprint density at radius 1 is 1.24 bits per heavy atom. The van der Waals surface area contributed by atoms with Crippen LogP contribution < -0.4 is 5.73 Å². The quantitative estimate of drug-likeness (QED) is 0.870. The van der Waals surface area contributed by atoms with E-state index in [-0.39, 0.29) is 0 Å². The summed E-state index contributed by atoms with van der Waals surface area (Å²) in [5.74, 6) is 0. The number of para-hydroxylation sites is 1. The van der Waals surface area contributed by atoms with Crippen LogP contribution in [0.3, 0.4) is 0 Å². The molecular formula is C14H17N3. The average molecular weight is 227 g/mol. The Morgan fingerprint density at radius 3 is 2.71 bits per heavy atom. The smallest absolute Gasteiger partial charge is 0.0683 e. The number of nitrogens with zero attached hydrogens (tertiary/aromatic N) is 2. The monoisotopic (exact) mass is 227 g/mol. The predicted molar refractivity (Wildman–Crippen MR) is 68.1 cm³/mol. The van der Waals surface area contributed by atoms with E-state index in [1.165, 1.54) is 24.1 Å². The van der Waals surface area contributed by atoms with Gasteiger partial charge in [-0.05, 0) is 48.9 Å². The Kier molecular flexibility index (Phi) is 2.48. The summed E-state index contributed by atoms with van der Waals surface area (Å²) in [6, 6.07) is 10.5. The predicted octanol–water partition coefficient (Wildman–Crippen LogP) is 2.25. The summed E-state index contributed by atoms with van der Waals surface area (Å²) in [7, 11) is 0. The SMILES string of the molecule is NCCC1(c2ccccc2-n2cccn2)CC1. The molecule has 88 valence electrons. The lowest BCUT2D eigenvalue weighted by Crippen LogP contribution is -2.16. The second-order valence-electron chi connectivity index (χ2n) is 4.79.